The molecule has 1 aliphatic carbocycles. The molecule has 5 nitrogen and oxygen atoms in total. The van der Waals surface area contributed by atoms with Crippen LogP contribution in [-0.2, 0) is 19.7 Å². The molecule has 2 aliphatic rings. The minimum Gasteiger partial charge on any atom is -0.481 e. The zero-order valence-corrected chi connectivity index (χ0v) is 16.2. The van der Waals surface area contributed by atoms with E-state index >= 15 is 0 Å². The lowest BCUT2D eigenvalue weighted by Gasteiger charge is -2.40. The molecule has 1 N–H and O–H groups in total. The Hall–Kier alpha value is -1.88. The molecule has 27 heavy (non-hydrogen) atoms. The van der Waals surface area contributed by atoms with Gasteiger partial charge in [-0.2, -0.15) is 0 Å². The van der Waals surface area contributed by atoms with Gasteiger partial charge < -0.3 is 14.7 Å². The van der Waals surface area contributed by atoms with Gasteiger partial charge in [0.25, 0.3) is 5.91 Å². The summed E-state index contributed by atoms with van der Waals surface area (Å²) in [6.45, 7) is 2.91. The first-order valence-corrected chi connectivity index (χ1v) is 10.3. The summed E-state index contributed by atoms with van der Waals surface area (Å²) in [5.41, 5.74) is -0.0700. The number of benzene rings is 1. The summed E-state index contributed by atoms with van der Waals surface area (Å²) in [4.78, 5) is 26.9. The number of carboxylic acid groups (broad SMARTS) is 1. The Labute approximate surface area is 161 Å². The molecule has 5 heteroatoms. The first-order valence-electron chi connectivity index (χ1n) is 10.3. The number of carbonyl (C=O) groups excluding carboxylic acids is 1. The number of aliphatic carboxylic acids is 1. The maximum atomic E-state index is 13.0. The number of carboxylic acids is 1. The molecule has 0 spiro atoms. The van der Waals surface area contributed by atoms with Crippen molar-refractivity contribution in [3.8, 4) is 0 Å². The molecule has 1 atom stereocenters. The summed E-state index contributed by atoms with van der Waals surface area (Å²) < 4.78 is 6.13. The third-order valence-corrected chi connectivity index (χ3v) is 6.22. The van der Waals surface area contributed by atoms with Crippen molar-refractivity contribution in [1.82, 2.24) is 4.90 Å². The van der Waals surface area contributed by atoms with E-state index in [-0.39, 0.29) is 12.0 Å². The van der Waals surface area contributed by atoms with E-state index < -0.39 is 17.5 Å². The second kappa shape index (κ2) is 8.87. The van der Waals surface area contributed by atoms with Gasteiger partial charge in [-0.25, -0.2) is 0 Å². The predicted molar refractivity (Wildman–Crippen MR) is 104 cm³/mol. The van der Waals surface area contributed by atoms with Gasteiger partial charge in [0.15, 0.2) is 0 Å². The molecule has 0 bridgehead atoms. The van der Waals surface area contributed by atoms with E-state index in [1.807, 2.05) is 37.3 Å². The Kier molecular flexibility index (Phi) is 6.53. The van der Waals surface area contributed by atoms with Gasteiger partial charge in [-0.3, -0.25) is 9.59 Å². The van der Waals surface area contributed by atoms with Crippen LogP contribution in [0, 0.1) is 0 Å². The molecule has 148 valence electrons. The van der Waals surface area contributed by atoms with Crippen LogP contribution in [0.3, 0.4) is 0 Å². The van der Waals surface area contributed by atoms with Crippen molar-refractivity contribution in [3.63, 3.8) is 0 Å². The Morgan fingerprint density at radius 2 is 1.78 bits per heavy atom. The van der Waals surface area contributed by atoms with E-state index in [0.29, 0.717) is 32.4 Å². The first-order chi connectivity index (χ1) is 13.1. The lowest BCUT2D eigenvalue weighted by atomic mass is 9.72. The van der Waals surface area contributed by atoms with E-state index in [1.165, 1.54) is 19.3 Å². The van der Waals surface area contributed by atoms with Crippen LogP contribution >= 0.6 is 0 Å². The van der Waals surface area contributed by atoms with E-state index in [2.05, 4.69) is 0 Å². The van der Waals surface area contributed by atoms with Crippen LogP contribution in [0.15, 0.2) is 30.3 Å². The fraction of sp³-hybridized carbons (Fsp3) is 0.636. The van der Waals surface area contributed by atoms with Gasteiger partial charge in [-0.1, -0.05) is 56.5 Å². The van der Waals surface area contributed by atoms with Gasteiger partial charge in [-0.05, 0) is 37.7 Å². The number of nitrogens with zero attached hydrogens (tertiary/aromatic N) is 1. The van der Waals surface area contributed by atoms with Crippen molar-refractivity contribution < 1.29 is 19.4 Å². The quantitative estimate of drug-likeness (QED) is 0.824. The van der Waals surface area contributed by atoms with Gasteiger partial charge in [0.05, 0.1) is 11.5 Å². The van der Waals surface area contributed by atoms with E-state index in [0.717, 1.165) is 18.4 Å². The topological polar surface area (TPSA) is 66.8 Å². The lowest BCUT2D eigenvalue weighted by molar-refractivity contribution is -0.155. The smallest absolute Gasteiger partial charge is 0.314 e. The van der Waals surface area contributed by atoms with Crippen LogP contribution in [0.1, 0.15) is 63.9 Å². The summed E-state index contributed by atoms with van der Waals surface area (Å²) in [5, 5.41) is 9.91. The predicted octanol–water partition coefficient (Wildman–Crippen LogP) is 3.76. The largest absolute Gasteiger partial charge is 0.481 e. The molecule has 2 fully saturated rings. The standard InChI is InChI=1S/C22H31NO4/c1-2-19(27-18-11-7-4-8-12-18)20(24)23-15-13-22(14-16-23,21(25)26)17-9-5-3-6-10-17/h3,5-6,9-10,18-19H,2,4,7-8,11-16H2,1H3,(H,25,26). The summed E-state index contributed by atoms with van der Waals surface area (Å²) in [5.74, 6) is -0.776. The van der Waals surface area contributed by atoms with Gasteiger partial charge in [0.2, 0.25) is 0 Å². The molecule has 0 radical (unpaired) electrons. The molecule has 3 rings (SSSR count). The van der Waals surface area contributed by atoms with E-state index in [4.69, 9.17) is 4.74 Å². The average molecular weight is 373 g/mol. The highest BCUT2D eigenvalue weighted by Crippen LogP contribution is 2.36. The highest BCUT2D eigenvalue weighted by atomic mass is 16.5. The number of carbonyl (C=O) groups is 2. The zero-order chi connectivity index (χ0) is 19.3. The third kappa shape index (κ3) is 4.34. The highest BCUT2D eigenvalue weighted by Gasteiger charge is 2.44. The van der Waals surface area contributed by atoms with Gasteiger partial charge >= 0.3 is 5.97 Å². The Morgan fingerprint density at radius 3 is 2.33 bits per heavy atom. The first kappa shape index (κ1) is 19.9. The molecule has 1 amide bonds. The van der Waals surface area contributed by atoms with Gasteiger partial charge in [0, 0.05) is 13.1 Å². The van der Waals surface area contributed by atoms with Crippen molar-refractivity contribution in [2.75, 3.05) is 13.1 Å². The van der Waals surface area contributed by atoms with Crippen LogP contribution in [-0.4, -0.2) is 47.2 Å². The highest BCUT2D eigenvalue weighted by molar-refractivity contribution is 5.84. The van der Waals surface area contributed by atoms with Crippen LogP contribution in [0.4, 0.5) is 0 Å². The maximum absolute atomic E-state index is 13.0. The molecule has 1 unspecified atom stereocenters. The zero-order valence-electron chi connectivity index (χ0n) is 16.2. The number of piperidine rings is 1. The van der Waals surface area contributed by atoms with Crippen LogP contribution in [0.2, 0.25) is 0 Å². The molecule has 1 aliphatic heterocycles. The number of hydrogen-bond donors (Lipinski definition) is 1. The Balaban J connectivity index is 1.64. The molecular weight excluding hydrogens is 342 g/mol. The molecule has 1 heterocycles. The molecule has 1 saturated heterocycles. The minimum absolute atomic E-state index is 0.0233. The summed E-state index contributed by atoms with van der Waals surface area (Å²) >= 11 is 0. The van der Waals surface area contributed by atoms with Crippen molar-refractivity contribution in [2.24, 2.45) is 0 Å². The van der Waals surface area contributed by atoms with Crippen molar-refractivity contribution in [1.29, 1.82) is 0 Å². The van der Waals surface area contributed by atoms with Gasteiger partial charge in [-0.15, -0.1) is 0 Å². The minimum atomic E-state index is -0.899. The SMILES string of the molecule is CCC(OC1CCCCC1)C(=O)N1CCC(C(=O)O)(c2ccccc2)CC1. The second-order valence-corrected chi connectivity index (χ2v) is 7.87. The van der Waals surface area contributed by atoms with Crippen molar-refractivity contribution in [3.05, 3.63) is 35.9 Å². The lowest BCUT2D eigenvalue weighted by Crippen LogP contribution is -2.52. The molecule has 1 saturated carbocycles. The number of ether oxygens (including phenoxy) is 1. The molecule has 1 aromatic rings. The molecular formula is C22H31NO4. The van der Waals surface area contributed by atoms with Crippen molar-refractivity contribution in [2.45, 2.75) is 75.9 Å². The number of amides is 1. The molecule has 1 aromatic carbocycles. The second-order valence-electron chi connectivity index (χ2n) is 7.87. The monoisotopic (exact) mass is 373 g/mol. The normalized spacial score (nSPS) is 21.6. The molecule has 0 aromatic heterocycles. The number of rotatable bonds is 6. The maximum Gasteiger partial charge on any atom is 0.314 e. The number of hydrogen-bond acceptors (Lipinski definition) is 3. The fourth-order valence-corrected chi connectivity index (χ4v) is 4.46. The average Bonchev–Trinajstić information content (AvgIpc) is 2.73. The fourth-order valence-electron chi connectivity index (χ4n) is 4.46. The van der Waals surface area contributed by atoms with Gasteiger partial charge in [0.1, 0.15) is 6.10 Å². The van der Waals surface area contributed by atoms with Crippen LogP contribution in [0.25, 0.3) is 0 Å². The number of likely N-dealkylation sites (tertiary alicyclic amines) is 1. The Morgan fingerprint density at radius 1 is 1.15 bits per heavy atom. The summed E-state index contributed by atoms with van der Waals surface area (Å²) in [6, 6.07) is 9.41. The van der Waals surface area contributed by atoms with E-state index in [1.54, 1.807) is 4.90 Å². The third-order valence-electron chi connectivity index (χ3n) is 6.22. The van der Waals surface area contributed by atoms with Crippen LogP contribution in [0.5, 0.6) is 0 Å². The Bertz CT molecular complexity index is 631. The van der Waals surface area contributed by atoms with Crippen molar-refractivity contribution >= 4 is 11.9 Å². The van der Waals surface area contributed by atoms with E-state index in [9.17, 15) is 14.7 Å². The van der Waals surface area contributed by atoms with Crippen LogP contribution < -0.4 is 0 Å². The summed E-state index contributed by atoms with van der Waals surface area (Å²) in [6.07, 6.45) is 7.04. The summed E-state index contributed by atoms with van der Waals surface area (Å²) in [7, 11) is 0.